The summed E-state index contributed by atoms with van der Waals surface area (Å²) in [5.74, 6) is 0.735. The van der Waals surface area contributed by atoms with Crippen LogP contribution in [0, 0.1) is 12.8 Å². The minimum Gasteiger partial charge on any atom is -0.455 e. The van der Waals surface area contributed by atoms with Gasteiger partial charge in [-0.2, -0.15) is 0 Å². The fourth-order valence-electron chi connectivity index (χ4n) is 4.53. The second-order valence-electron chi connectivity index (χ2n) is 9.09. The van der Waals surface area contributed by atoms with Crippen molar-refractivity contribution in [2.24, 2.45) is 5.92 Å². The third-order valence-corrected chi connectivity index (χ3v) is 6.26. The number of nitrogens with zero attached hydrogens (tertiary/aromatic N) is 2. The predicted molar refractivity (Wildman–Crippen MR) is 132 cm³/mol. The summed E-state index contributed by atoms with van der Waals surface area (Å²) in [6.45, 7) is 8.84. The van der Waals surface area contributed by atoms with Crippen molar-refractivity contribution >= 4 is 21.9 Å². The van der Waals surface area contributed by atoms with E-state index >= 15 is 0 Å². The number of benzene rings is 2. The quantitative estimate of drug-likeness (QED) is 0.292. The maximum Gasteiger partial charge on any atom is 0.148 e. The van der Waals surface area contributed by atoms with Crippen LogP contribution in [-0.4, -0.2) is 9.97 Å². The van der Waals surface area contributed by atoms with Gasteiger partial charge in [0.15, 0.2) is 0 Å². The Labute approximate surface area is 189 Å². The van der Waals surface area contributed by atoms with Gasteiger partial charge in [0.2, 0.25) is 0 Å². The molecule has 0 aliphatic carbocycles. The van der Waals surface area contributed by atoms with Crippen molar-refractivity contribution in [2.75, 3.05) is 0 Å². The molecule has 0 N–H and O–H groups in total. The molecule has 0 fully saturated rings. The molecular weight excluding hydrogens is 392 g/mol. The molecule has 1 atom stereocenters. The van der Waals surface area contributed by atoms with Crippen LogP contribution >= 0.6 is 0 Å². The molecule has 0 spiro atoms. The Morgan fingerprint density at radius 3 is 2.41 bits per heavy atom. The number of aromatic nitrogens is 2. The van der Waals surface area contributed by atoms with Crippen molar-refractivity contribution in [2.45, 2.75) is 40.0 Å². The van der Waals surface area contributed by atoms with E-state index in [-0.39, 0.29) is 5.92 Å². The molecular formula is C29H28N2O. The first-order valence-electron chi connectivity index (χ1n) is 11.3. The van der Waals surface area contributed by atoms with Gasteiger partial charge < -0.3 is 4.42 Å². The van der Waals surface area contributed by atoms with Gasteiger partial charge in [0.25, 0.3) is 0 Å². The second-order valence-corrected chi connectivity index (χ2v) is 9.09. The zero-order chi connectivity index (χ0) is 22.2. The van der Waals surface area contributed by atoms with Crippen LogP contribution in [0.4, 0.5) is 0 Å². The molecule has 0 aliphatic rings. The normalized spacial score (nSPS) is 12.7. The van der Waals surface area contributed by atoms with E-state index in [0.29, 0.717) is 5.92 Å². The molecule has 5 aromatic rings. The number of fused-ring (bicyclic) bond motifs is 3. The monoisotopic (exact) mass is 420 g/mol. The van der Waals surface area contributed by atoms with Gasteiger partial charge in [-0.05, 0) is 48.1 Å². The summed E-state index contributed by atoms with van der Waals surface area (Å²) in [4.78, 5) is 9.76. The molecule has 3 heteroatoms. The van der Waals surface area contributed by atoms with Crippen molar-refractivity contribution < 1.29 is 4.42 Å². The van der Waals surface area contributed by atoms with Crippen LogP contribution in [0.5, 0.6) is 0 Å². The van der Waals surface area contributed by atoms with Gasteiger partial charge in [-0.25, -0.2) is 0 Å². The average Bonchev–Trinajstić information content (AvgIpc) is 3.19. The number of hydrogen-bond donors (Lipinski definition) is 0. The smallest absolute Gasteiger partial charge is 0.148 e. The van der Waals surface area contributed by atoms with Gasteiger partial charge in [-0.1, -0.05) is 69.3 Å². The van der Waals surface area contributed by atoms with Gasteiger partial charge in [-0.15, -0.1) is 0 Å². The summed E-state index contributed by atoms with van der Waals surface area (Å²) in [6.07, 6.45) is 4.94. The van der Waals surface area contributed by atoms with Gasteiger partial charge >= 0.3 is 0 Å². The number of para-hydroxylation sites is 1. The molecule has 3 heterocycles. The minimum absolute atomic E-state index is 0.149. The summed E-state index contributed by atoms with van der Waals surface area (Å²) >= 11 is 0. The van der Waals surface area contributed by atoms with E-state index in [4.69, 9.17) is 14.4 Å². The molecule has 0 bridgehead atoms. The standard InChI is InChI=1S/C29H28N2O/c1-18(2)14-22-15-25(30-16-19(22)3)24-17-31-28(20(4)21-10-6-5-7-11-21)27-23-12-8-9-13-26(23)32-29(24)27/h5-13,15-18,20H,14H2,1-4H3. The van der Waals surface area contributed by atoms with Gasteiger partial charge in [0.05, 0.1) is 22.3 Å². The molecule has 1 unspecified atom stereocenters. The molecule has 0 saturated heterocycles. The SMILES string of the molecule is Cc1cnc(-c2cnc(C(C)c3ccccc3)c3c2oc2ccccc23)cc1CC(C)C. The van der Waals surface area contributed by atoms with Crippen molar-refractivity contribution in [1.29, 1.82) is 0 Å². The lowest BCUT2D eigenvalue weighted by atomic mass is 9.93. The molecule has 3 nitrogen and oxygen atoms in total. The lowest BCUT2D eigenvalue weighted by Gasteiger charge is -2.15. The van der Waals surface area contributed by atoms with Crippen molar-refractivity contribution in [3.8, 4) is 11.3 Å². The van der Waals surface area contributed by atoms with E-state index in [1.165, 1.54) is 16.7 Å². The first kappa shape index (κ1) is 20.4. The van der Waals surface area contributed by atoms with E-state index < -0.39 is 0 Å². The Morgan fingerprint density at radius 1 is 0.875 bits per heavy atom. The number of aryl methyl sites for hydroxylation is 1. The van der Waals surface area contributed by atoms with E-state index in [1.54, 1.807) is 0 Å². The third kappa shape index (κ3) is 3.58. The highest BCUT2D eigenvalue weighted by Gasteiger charge is 2.22. The topological polar surface area (TPSA) is 38.9 Å². The maximum absolute atomic E-state index is 6.44. The molecule has 2 aromatic carbocycles. The highest BCUT2D eigenvalue weighted by molar-refractivity contribution is 6.10. The zero-order valence-electron chi connectivity index (χ0n) is 19.1. The molecule has 0 radical (unpaired) electrons. The van der Waals surface area contributed by atoms with Crippen molar-refractivity contribution in [3.63, 3.8) is 0 Å². The summed E-state index contributed by atoms with van der Waals surface area (Å²) in [5, 5.41) is 2.19. The Kier molecular flexibility index (Phi) is 5.26. The maximum atomic E-state index is 6.44. The predicted octanol–water partition coefficient (Wildman–Crippen LogP) is 7.70. The van der Waals surface area contributed by atoms with Gasteiger partial charge in [0, 0.05) is 23.7 Å². The molecule has 160 valence electrons. The largest absolute Gasteiger partial charge is 0.455 e. The Bertz CT molecular complexity index is 1400. The van der Waals surface area contributed by atoms with Crippen LogP contribution < -0.4 is 0 Å². The summed E-state index contributed by atoms with van der Waals surface area (Å²) in [6, 6.07) is 21.0. The van der Waals surface area contributed by atoms with Crippen LogP contribution in [0.25, 0.3) is 33.2 Å². The van der Waals surface area contributed by atoms with Crippen molar-refractivity contribution in [3.05, 3.63) is 95.4 Å². The second kappa shape index (κ2) is 8.23. The van der Waals surface area contributed by atoms with Gasteiger partial charge in [-0.3, -0.25) is 9.97 Å². The Balaban J connectivity index is 1.75. The van der Waals surface area contributed by atoms with Crippen LogP contribution in [0.1, 0.15) is 49.1 Å². The molecule has 0 saturated carbocycles. The molecule has 0 aliphatic heterocycles. The minimum atomic E-state index is 0.149. The summed E-state index contributed by atoms with van der Waals surface area (Å²) < 4.78 is 6.44. The third-order valence-electron chi connectivity index (χ3n) is 6.26. The van der Waals surface area contributed by atoms with Crippen LogP contribution in [0.3, 0.4) is 0 Å². The molecule has 32 heavy (non-hydrogen) atoms. The highest BCUT2D eigenvalue weighted by atomic mass is 16.3. The fourth-order valence-corrected chi connectivity index (χ4v) is 4.53. The molecule has 5 rings (SSSR count). The summed E-state index contributed by atoms with van der Waals surface area (Å²) in [7, 11) is 0. The molecule has 0 amide bonds. The van der Waals surface area contributed by atoms with E-state index in [0.717, 1.165) is 45.3 Å². The average molecular weight is 421 g/mol. The first-order chi connectivity index (χ1) is 15.5. The van der Waals surface area contributed by atoms with Crippen LogP contribution in [0.15, 0.2) is 77.5 Å². The van der Waals surface area contributed by atoms with Crippen molar-refractivity contribution in [1.82, 2.24) is 9.97 Å². The number of pyridine rings is 2. The van der Waals surface area contributed by atoms with Crippen LogP contribution in [-0.2, 0) is 6.42 Å². The highest BCUT2D eigenvalue weighted by Crippen LogP contribution is 2.40. The lowest BCUT2D eigenvalue weighted by molar-refractivity contribution is 0.644. The van der Waals surface area contributed by atoms with Gasteiger partial charge in [0.1, 0.15) is 11.2 Å². The van der Waals surface area contributed by atoms with Crippen LogP contribution in [0.2, 0.25) is 0 Å². The van der Waals surface area contributed by atoms with E-state index in [1.807, 2.05) is 30.6 Å². The first-order valence-corrected chi connectivity index (χ1v) is 11.3. The number of hydrogen-bond acceptors (Lipinski definition) is 3. The number of rotatable bonds is 5. The van der Waals surface area contributed by atoms with E-state index in [2.05, 4.69) is 70.2 Å². The Morgan fingerprint density at radius 2 is 1.62 bits per heavy atom. The lowest BCUT2D eigenvalue weighted by Crippen LogP contribution is -2.02. The summed E-state index contributed by atoms with van der Waals surface area (Å²) in [5.41, 5.74) is 8.45. The molecule has 3 aromatic heterocycles. The Hall–Kier alpha value is -3.46. The zero-order valence-corrected chi connectivity index (χ0v) is 19.1. The fraction of sp³-hybridized carbons (Fsp3) is 0.241. The number of furan rings is 1. The van der Waals surface area contributed by atoms with E-state index in [9.17, 15) is 0 Å².